The molecule has 3 N–H and O–H groups in total. The number of hydrogen-bond donors (Lipinski definition) is 2. The third kappa shape index (κ3) is 6.76. The second-order valence-corrected chi connectivity index (χ2v) is 5.37. The van der Waals surface area contributed by atoms with E-state index in [4.69, 9.17) is 15.3 Å². The summed E-state index contributed by atoms with van der Waals surface area (Å²) in [7, 11) is 0. The van der Waals surface area contributed by atoms with Crippen LogP contribution < -0.4 is 11.3 Å². The zero-order valence-corrected chi connectivity index (χ0v) is 10.9. The van der Waals surface area contributed by atoms with E-state index in [0.717, 1.165) is 0 Å². The lowest BCUT2D eigenvalue weighted by atomic mass is 9.94. The van der Waals surface area contributed by atoms with E-state index in [-0.39, 0.29) is 11.5 Å². The summed E-state index contributed by atoms with van der Waals surface area (Å²) in [5, 5.41) is 0. The number of carbonyl (C=O) groups excluding carboxylic acids is 1. The Morgan fingerprint density at radius 1 is 1.19 bits per heavy atom. The van der Waals surface area contributed by atoms with Crippen LogP contribution >= 0.6 is 0 Å². The van der Waals surface area contributed by atoms with Crippen LogP contribution in [-0.4, -0.2) is 31.3 Å². The van der Waals surface area contributed by atoms with Crippen molar-refractivity contribution < 1.29 is 14.3 Å². The number of hydrazine groups is 1. The SMILES string of the molecule is CC(C)(C)OCCOCC(C)(C)C(=O)NN. The molecular weight excluding hydrogens is 208 g/mol. The molecule has 0 atom stereocenters. The molecule has 0 aliphatic heterocycles. The Labute approximate surface area is 97.6 Å². The fraction of sp³-hybridized carbons (Fsp3) is 0.909. The molecule has 0 aliphatic rings. The first kappa shape index (κ1) is 15.3. The van der Waals surface area contributed by atoms with Gasteiger partial charge < -0.3 is 9.47 Å². The first-order valence-corrected chi connectivity index (χ1v) is 5.42. The molecule has 0 aromatic rings. The summed E-state index contributed by atoms with van der Waals surface area (Å²) >= 11 is 0. The third-order valence-electron chi connectivity index (χ3n) is 1.97. The summed E-state index contributed by atoms with van der Waals surface area (Å²) in [6.07, 6.45) is 0. The number of ether oxygens (including phenoxy) is 2. The van der Waals surface area contributed by atoms with Crippen LogP contribution in [0.4, 0.5) is 0 Å². The first-order valence-electron chi connectivity index (χ1n) is 5.42. The van der Waals surface area contributed by atoms with Crippen molar-refractivity contribution in [2.75, 3.05) is 19.8 Å². The number of nitrogens with two attached hydrogens (primary N) is 1. The topological polar surface area (TPSA) is 73.6 Å². The Kier molecular flexibility index (Phi) is 5.92. The maximum Gasteiger partial charge on any atom is 0.241 e. The van der Waals surface area contributed by atoms with Gasteiger partial charge in [-0.05, 0) is 34.6 Å². The van der Waals surface area contributed by atoms with Gasteiger partial charge in [0.1, 0.15) is 0 Å². The van der Waals surface area contributed by atoms with Gasteiger partial charge in [-0.15, -0.1) is 0 Å². The second kappa shape index (κ2) is 6.18. The minimum absolute atomic E-state index is 0.159. The summed E-state index contributed by atoms with van der Waals surface area (Å²) < 4.78 is 10.9. The summed E-state index contributed by atoms with van der Waals surface area (Å²) in [5.74, 6) is 4.83. The van der Waals surface area contributed by atoms with Gasteiger partial charge in [-0.2, -0.15) is 0 Å². The van der Waals surface area contributed by atoms with Gasteiger partial charge in [0, 0.05) is 0 Å². The average molecular weight is 232 g/mol. The maximum atomic E-state index is 11.3. The van der Waals surface area contributed by atoms with Crippen LogP contribution in [0.25, 0.3) is 0 Å². The molecule has 1 amide bonds. The molecule has 5 heteroatoms. The Bertz CT molecular complexity index is 222. The molecule has 0 unspecified atom stereocenters. The number of carbonyl (C=O) groups is 1. The van der Waals surface area contributed by atoms with Gasteiger partial charge >= 0.3 is 0 Å². The van der Waals surface area contributed by atoms with E-state index in [1.54, 1.807) is 13.8 Å². The zero-order valence-electron chi connectivity index (χ0n) is 10.9. The standard InChI is InChI=1S/C11H24N2O3/c1-10(2,3)16-7-6-15-8-11(4,5)9(14)13-12/h6-8,12H2,1-5H3,(H,13,14). The molecule has 0 heterocycles. The molecule has 5 nitrogen and oxygen atoms in total. The molecule has 0 aliphatic carbocycles. The molecule has 0 aromatic heterocycles. The summed E-state index contributed by atoms with van der Waals surface area (Å²) in [6.45, 7) is 10.8. The van der Waals surface area contributed by atoms with Crippen molar-refractivity contribution >= 4 is 5.91 Å². The smallest absolute Gasteiger partial charge is 0.241 e. The van der Waals surface area contributed by atoms with Gasteiger partial charge in [-0.25, -0.2) is 5.84 Å². The van der Waals surface area contributed by atoms with Crippen LogP contribution in [0.15, 0.2) is 0 Å². The summed E-state index contributed by atoms with van der Waals surface area (Å²) in [4.78, 5) is 11.3. The second-order valence-electron chi connectivity index (χ2n) is 5.37. The number of nitrogens with one attached hydrogen (secondary N) is 1. The van der Waals surface area contributed by atoms with Crippen molar-refractivity contribution in [3.63, 3.8) is 0 Å². The highest BCUT2D eigenvalue weighted by molar-refractivity contribution is 5.81. The lowest BCUT2D eigenvalue weighted by Crippen LogP contribution is -2.43. The van der Waals surface area contributed by atoms with E-state index in [9.17, 15) is 4.79 Å². The Hall–Kier alpha value is -0.650. The number of rotatable bonds is 6. The highest BCUT2D eigenvalue weighted by atomic mass is 16.5. The van der Waals surface area contributed by atoms with Crippen molar-refractivity contribution in [1.82, 2.24) is 5.43 Å². The van der Waals surface area contributed by atoms with E-state index in [2.05, 4.69) is 5.43 Å². The molecular formula is C11H24N2O3. The van der Waals surface area contributed by atoms with Crippen LogP contribution in [0.5, 0.6) is 0 Å². The fourth-order valence-electron chi connectivity index (χ4n) is 0.995. The van der Waals surface area contributed by atoms with Crippen molar-refractivity contribution in [3.8, 4) is 0 Å². The summed E-state index contributed by atoms with van der Waals surface area (Å²) in [6, 6.07) is 0. The maximum absolute atomic E-state index is 11.3. The highest BCUT2D eigenvalue weighted by Crippen LogP contribution is 2.15. The lowest BCUT2D eigenvalue weighted by molar-refractivity contribution is -0.133. The number of hydrogen-bond acceptors (Lipinski definition) is 4. The monoisotopic (exact) mass is 232 g/mol. The molecule has 0 saturated carbocycles. The molecule has 0 spiro atoms. The average Bonchev–Trinajstić information content (AvgIpc) is 2.14. The van der Waals surface area contributed by atoms with E-state index in [1.807, 2.05) is 20.8 Å². The number of amides is 1. The quantitative estimate of drug-likeness (QED) is 0.308. The van der Waals surface area contributed by atoms with Crippen LogP contribution in [0, 0.1) is 5.41 Å². The Balaban J connectivity index is 3.70. The molecule has 16 heavy (non-hydrogen) atoms. The molecule has 96 valence electrons. The Morgan fingerprint density at radius 2 is 1.75 bits per heavy atom. The predicted molar refractivity (Wildman–Crippen MR) is 62.6 cm³/mol. The molecule has 0 rings (SSSR count). The van der Waals surface area contributed by atoms with Gasteiger partial charge in [0.25, 0.3) is 0 Å². The molecule has 0 radical (unpaired) electrons. The van der Waals surface area contributed by atoms with E-state index < -0.39 is 5.41 Å². The predicted octanol–water partition coefficient (Wildman–Crippen LogP) is 0.834. The van der Waals surface area contributed by atoms with Gasteiger partial charge in [0.05, 0.1) is 30.8 Å². The minimum Gasteiger partial charge on any atom is -0.378 e. The third-order valence-corrected chi connectivity index (χ3v) is 1.97. The first-order chi connectivity index (χ1) is 7.19. The van der Waals surface area contributed by atoms with Gasteiger partial charge in [0.15, 0.2) is 0 Å². The minimum atomic E-state index is -0.615. The van der Waals surface area contributed by atoms with E-state index >= 15 is 0 Å². The fourth-order valence-corrected chi connectivity index (χ4v) is 0.995. The van der Waals surface area contributed by atoms with Crippen LogP contribution in [0.1, 0.15) is 34.6 Å². The van der Waals surface area contributed by atoms with Crippen molar-refractivity contribution in [2.45, 2.75) is 40.2 Å². The van der Waals surface area contributed by atoms with Crippen molar-refractivity contribution in [1.29, 1.82) is 0 Å². The zero-order chi connectivity index (χ0) is 12.8. The molecule has 0 aromatic carbocycles. The Morgan fingerprint density at radius 3 is 2.19 bits per heavy atom. The van der Waals surface area contributed by atoms with Gasteiger partial charge in [-0.1, -0.05) is 0 Å². The van der Waals surface area contributed by atoms with Crippen LogP contribution in [-0.2, 0) is 14.3 Å². The van der Waals surface area contributed by atoms with Crippen molar-refractivity contribution in [3.05, 3.63) is 0 Å². The molecule has 0 bridgehead atoms. The van der Waals surface area contributed by atoms with E-state index in [0.29, 0.717) is 19.8 Å². The van der Waals surface area contributed by atoms with Gasteiger partial charge in [0.2, 0.25) is 5.91 Å². The van der Waals surface area contributed by atoms with Crippen molar-refractivity contribution in [2.24, 2.45) is 11.3 Å². The van der Waals surface area contributed by atoms with Crippen LogP contribution in [0.3, 0.4) is 0 Å². The lowest BCUT2D eigenvalue weighted by Gasteiger charge is -2.23. The normalized spacial score (nSPS) is 12.6. The van der Waals surface area contributed by atoms with Crippen LogP contribution in [0.2, 0.25) is 0 Å². The molecule has 0 fully saturated rings. The summed E-state index contributed by atoms with van der Waals surface area (Å²) in [5.41, 5.74) is 1.35. The van der Waals surface area contributed by atoms with E-state index in [1.165, 1.54) is 0 Å². The largest absolute Gasteiger partial charge is 0.378 e. The molecule has 0 saturated heterocycles. The highest BCUT2D eigenvalue weighted by Gasteiger charge is 2.27. The van der Waals surface area contributed by atoms with Gasteiger partial charge in [-0.3, -0.25) is 10.2 Å².